The highest BCUT2D eigenvalue weighted by Gasteiger charge is 2.17. The van der Waals surface area contributed by atoms with E-state index in [1.165, 1.54) is 23.5 Å². The van der Waals surface area contributed by atoms with Crippen molar-refractivity contribution >= 4 is 18.0 Å². The Balaban J connectivity index is 2.12. The van der Waals surface area contributed by atoms with Crippen molar-refractivity contribution in [3.63, 3.8) is 0 Å². The Kier molecular flexibility index (Phi) is 4.43. The normalized spacial score (nSPS) is 11.2. The van der Waals surface area contributed by atoms with E-state index in [1.54, 1.807) is 6.20 Å². The van der Waals surface area contributed by atoms with Crippen LogP contribution in [0.4, 0.5) is 0 Å². The summed E-state index contributed by atoms with van der Waals surface area (Å²) in [6.07, 6.45) is 3.17. The van der Waals surface area contributed by atoms with E-state index in [9.17, 15) is 0 Å². The second-order valence-corrected chi connectivity index (χ2v) is 6.08. The fourth-order valence-electron chi connectivity index (χ4n) is 2.19. The van der Waals surface area contributed by atoms with E-state index in [2.05, 4.69) is 15.2 Å². The van der Waals surface area contributed by atoms with Crippen LogP contribution in [0.5, 0.6) is 0 Å². The predicted octanol–water partition coefficient (Wildman–Crippen LogP) is 3.84. The Labute approximate surface area is 138 Å². The third-order valence-electron chi connectivity index (χ3n) is 3.37. The SMILES string of the molecule is Cc1ccc(-n2nc(C)c(C=NO)c2Sc2ccccn2)cc1. The monoisotopic (exact) mass is 324 g/mol. The largest absolute Gasteiger partial charge is 0.411 e. The molecule has 5 nitrogen and oxygen atoms in total. The van der Waals surface area contributed by atoms with Crippen LogP contribution in [-0.4, -0.2) is 26.2 Å². The number of hydrogen-bond donors (Lipinski definition) is 1. The number of nitrogens with zero attached hydrogens (tertiary/aromatic N) is 4. The zero-order valence-electron chi connectivity index (χ0n) is 12.8. The highest BCUT2D eigenvalue weighted by Crippen LogP contribution is 2.32. The number of aromatic nitrogens is 3. The van der Waals surface area contributed by atoms with Gasteiger partial charge in [0.1, 0.15) is 10.1 Å². The van der Waals surface area contributed by atoms with E-state index in [1.807, 2.05) is 61.0 Å². The van der Waals surface area contributed by atoms with Gasteiger partial charge in [0, 0.05) is 6.20 Å². The third-order valence-corrected chi connectivity index (χ3v) is 4.40. The molecule has 0 amide bonds. The third kappa shape index (κ3) is 3.27. The number of oxime groups is 1. The fourth-order valence-corrected chi connectivity index (χ4v) is 3.19. The van der Waals surface area contributed by atoms with E-state index in [4.69, 9.17) is 5.21 Å². The van der Waals surface area contributed by atoms with Crippen LogP contribution in [0.3, 0.4) is 0 Å². The van der Waals surface area contributed by atoms with Crippen molar-refractivity contribution in [2.75, 3.05) is 0 Å². The molecule has 1 aromatic carbocycles. The first-order chi connectivity index (χ1) is 11.2. The fraction of sp³-hybridized carbons (Fsp3) is 0.118. The average molecular weight is 324 g/mol. The molecule has 0 aliphatic carbocycles. The van der Waals surface area contributed by atoms with E-state index in [0.29, 0.717) is 0 Å². The maximum atomic E-state index is 8.96. The van der Waals surface area contributed by atoms with Gasteiger partial charge < -0.3 is 5.21 Å². The molecule has 2 heterocycles. The van der Waals surface area contributed by atoms with Crippen LogP contribution in [0.2, 0.25) is 0 Å². The lowest BCUT2D eigenvalue weighted by atomic mass is 10.2. The van der Waals surface area contributed by atoms with Crippen LogP contribution in [0.1, 0.15) is 16.8 Å². The van der Waals surface area contributed by atoms with Gasteiger partial charge in [0.2, 0.25) is 0 Å². The van der Waals surface area contributed by atoms with Gasteiger partial charge in [-0.05, 0) is 49.9 Å². The second-order valence-electron chi connectivity index (χ2n) is 5.07. The smallest absolute Gasteiger partial charge is 0.115 e. The minimum Gasteiger partial charge on any atom is -0.411 e. The Morgan fingerprint density at radius 2 is 1.91 bits per heavy atom. The van der Waals surface area contributed by atoms with Crippen LogP contribution in [0.25, 0.3) is 5.69 Å². The highest BCUT2D eigenvalue weighted by atomic mass is 32.2. The standard InChI is InChI=1S/C17H16N4OS/c1-12-6-8-14(9-7-12)21-17(15(11-19-22)13(2)20-21)23-16-5-3-4-10-18-16/h3-11,22H,1-2H3. The summed E-state index contributed by atoms with van der Waals surface area (Å²) >= 11 is 1.49. The van der Waals surface area contributed by atoms with Gasteiger partial charge in [-0.3, -0.25) is 0 Å². The van der Waals surface area contributed by atoms with Gasteiger partial charge in [0.25, 0.3) is 0 Å². The van der Waals surface area contributed by atoms with Gasteiger partial charge in [-0.2, -0.15) is 5.10 Å². The molecule has 0 saturated heterocycles. The molecule has 3 aromatic rings. The van der Waals surface area contributed by atoms with Gasteiger partial charge in [-0.15, -0.1) is 0 Å². The van der Waals surface area contributed by atoms with Gasteiger partial charge in [-0.1, -0.05) is 28.9 Å². The summed E-state index contributed by atoms with van der Waals surface area (Å²) in [5.74, 6) is 0. The molecule has 1 N–H and O–H groups in total. The van der Waals surface area contributed by atoms with Crippen molar-refractivity contribution in [2.24, 2.45) is 5.16 Å². The molecule has 0 radical (unpaired) electrons. The topological polar surface area (TPSA) is 63.3 Å². The minimum absolute atomic E-state index is 0.781. The van der Waals surface area contributed by atoms with E-state index in [-0.39, 0.29) is 0 Å². The summed E-state index contributed by atoms with van der Waals surface area (Å²) in [4.78, 5) is 4.35. The summed E-state index contributed by atoms with van der Waals surface area (Å²) < 4.78 is 1.85. The van der Waals surface area contributed by atoms with Gasteiger partial charge in [0.05, 0.1) is 23.2 Å². The molecule has 0 spiro atoms. The van der Waals surface area contributed by atoms with Crippen molar-refractivity contribution < 1.29 is 5.21 Å². The summed E-state index contributed by atoms with van der Waals surface area (Å²) in [6, 6.07) is 13.9. The lowest BCUT2D eigenvalue weighted by Gasteiger charge is -2.08. The molecule has 116 valence electrons. The summed E-state index contributed by atoms with van der Waals surface area (Å²) in [5.41, 5.74) is 3.72. The number of aryl methyl sites for hydroxylation is 2. The zero-order valence-corrected chi connectivity index (χ0v) is 13.7. The van der Waals surface area contributed by atoms with Crippen molar-refractivity contribution in [1.82, 2.24) is 14.8 Å². The molecule has 3 rings (SSSR count). The Morgan fingerprint density at radius 1 is 1.13 bits per heavy atom. The zero-order chi connectivity index (χ0) is 16.2. The second kappa shape index (κ2) is 6.66. The van der Waals surface area contributed by atoms with Crippen molar-refractivity contribution in [1.29, 1.82) is 0 Å². The first-order valence-electron chi connectivity index (χ1n) is 7.12. The maximum Gasteiger partial charge on any atom is 0.115 e. The molecule has 0 saturated carbocycles. The molecule has 0 atom stereocenters. The maximum absolute atomic E-state index is 8.96. The molecule has 0 fully saturated rings. The average Bonchev–Trinajstić information content (AvgIpc) is 2.86. The lowest BCUT2D eigenvalue weighted by molar-refractivity contribution is 0.321. The first-order valence-corrected chi connectivity index (χ1v) is 7.93. The Hall–Kier alpha value is -2.60. The van der Waals surface area contributed by atoms with Gasteiger partial charge in [0.15, 0.2) is 0 Å². The van der Waals surface area contributed by atoms with Crippen molar-refractivity contribution in [3.05, 3.63) is 65.5 Å². The lowest BCUT2D eigenvalue weighted by Crippen LogP contribution is -1.99. The number of rotatable bonds is 4. The van der Waals surface area contributed by atoms with Crippen LogP contribution < -0.4 is 0 Å². The summed E-state index contributed by atoms with van der Waals surface area (Å²) in [6.45, 7) is 3.94. The van der Waals surface area contributed by atoms with Gasteiger partial charge in [-0.25, -0.2) is 9.67 Å². The van der Waals surface area contributed by atoms with Crippen molar-refractivity contribution in [2.45, 2.75) is 23.9 Å². The first kappa shape index (κ1) is 15.3. The van der Waals surface area contributed by atoms with E-state index in [0.717, 1.165) is 27.0 Å². The molecule has 23 heavy (non-hydrogen) atoms. The molecule has 2 aromatic heterocycles. The molecule has 0 unspecified atom stereocenters. The molecule has 6 heteroatoms. The Morgan fingerprint density at radius 3 is 2.57 bits per heavy atom. The molecule has 0 bridgehead atoms. The minimum atomic E-state index is 0.781. The number of pyridine rings is 1. The Bertz CT molecular complexity index is 826. The summed E-state index contributed by atoms with van der Waals surface area (Å²) in [7, 11) is 0. The van der Waals surface area contributed by atoms with Crippen LogP contribution >= 0.6 is 11.8 Å². The molecular weight excluding hydrogens is 308 g/mol. The summed E-state index contributed by atoms with van der Waals surface area (Å²) in [5, 5.41) is 18.4. The molecular formula is C17H16N4OS. The molecule has 0 aliphatic heterocycles. The highest BCUT2D eigenvalue weighted by molar-refractivity contribution is 7.99. The van der Waals surface area contributed by atoms with Crippen LogP contribution in [-0.2, 0) is 0 Å². The predicted molar refractivity (Wildman–Crippen MR) is 90.8 cm³/mol. The van der Waals surface area contributed by atoms with Crippen LogP contribution in [0, 0.1) is 13.8 Å². The molecule has 0 aliphatic rings. The van der Waals surface area contributed by atoms with Crippen molar-refractivity contribution in [3.8, 4) is 5.69 Å². The van der Waals surface area contributed by atoms with Crippen LogP contribution in [0.15, 0.2) is 63.9 Å². The van der Waals surface area contributed by atoms with E-state index >= 15 is 0 Å². The number of hydrogen-bond acceptors (Lipinski definition) is 5. The quantitative estimate of drug-likeness (QED) is 0.450. The number of benzene rings is 1. The van der Waals surface area contributed by atoms with E-state index < -0.39 is 0 Å². The van der Waals surface area contributed by atoms with Gasteiger partial charge >= 0.3 is 0 Å².